The number of aliphatic hydroxyl groups excluding tert-OH is 4. The third-order valence-electron chi connectivity index (χ3n) is 5.62. The molecule has 0 aliphatic carbocycles. The van der Waals surface area contributed by atoms with Crippen LogP contribution in [0.25, 0.3) is 11.2 Å². The summed E-state index contributed by atoms with van der Waals surface area (Å²) in [6.07, 6.45) is -10.0. The summed E-state index contributed by atoms with van der Waals surface area (Å²) in [6.45, 7) is -0.818. The van der Waals surface area contributed by atoms with Gasteiger partial charge < -0.3 is 50.2 Å². The van der Waals surface area contributed by atoms with Crippen LogP contribution in [-0.4, -0.2) is 112 Å². The first kappa shape index (κ1) is 29.8. The van der Waals surface area contributed by atoms with Gasteiger partial charge >= 0.3 is 21.6 Å². The van der Waals surface area contributed by atoms with E-state index in [0.29, 0.717) is 0 Å². The van der Waals surface area contributed by atoms with Gasteiger partial charge in [-0.05, 0) is 0 Å². The van der Waals surface area contributed by atoms with Gasteiger partial charge in [0.25, 0.3) is 0 Å². The Balaban J connectivity index is 1.32. The van der Waals surface area contributed by atoms with Crippen molar-refractivity contribution in [3.8, 4) is 0 Å². The fraction of sp³-hybridized carbons (Fsp3) is 0.647. The lowest BCUT2D eigenvalue weighted by atomic mass is 10.1. The lowest BCUT2D eigenvalue weighted by Gasteiger charge is -2.20. The molecule has 0 spiro atoms. The van der Waals surface area contributed by atoms with Gasteiger partial charge in [-0.2, -0.15) is 4.31 Å². The Morgan fingerprint density at radius 2 is 1.62 bits per heavy atom. The molecule has 0 bridgehead atoms. The molecule has 2 aliphatic heterocycles. The first-order valence-electron chi connectivity index (χ1n) is 11.0. The molecule has 6 unspecified atom stereocenters. The number of phosphoric ester groups is 2. The minimum atomic E-state index is -5.35. The molecule has 2 aromatic rings. The van der Waals surface area contributed by atoms with Crippen molar-refractivity contribution in [2.24, 2.45) is 0 Å². The van der Waals surface area contributed by atoms with Crippen molar-refractivity contribution in [1.29, 1.82) is 0 Å². The number of nitrogen functional groups attached to an aromatic ring is 1. The second kappa shape index (κ2) is 11.4. The number of aromatic nitrogens is 4. The van der Waals surface area contributed by atoms with Crippen LogP contribution in [0.1, 0.15) is 13.2 Å². The van der Waals surface area contributed by atoms with E-state index in [4.69, 9.17) is 15.2 Å². The van der Waals surface area contributed by atoms with Crippen molar-refractivity contribution in [3.63, 3.8) is 0 Å². The third-order valence-corrected chi connectivity index (χ3v) is 8.23. The number of carbonyl (C=O) groups excluding carboxylic acids is 1. The molecule has 4 heterocycles. The minimum Gasteiger partial charge on any atom is -0.454 e. The molecule has 8 N–H and O–H groups in total. The predicted molar refractivity (Wildman–Crippen MR) is 121 cm³/mol. The molecule has 2 fully saturated rings. The maximum Gasteiger partial charge on any atom is 0.481 e. The first-order chi connectivity index (χ1) is 18.2. The van der Waals surface area contributed by atoms with Gasteiger partial charge in [0.05, 0.1) is 19.5 Å². The van der Waals surface area contributed by atoms with Gasteiger partial charge in [0, 0.05) is 6.92 Å². The molecule has 10 atom stereocenters. The van der Waals surface area contributed by atoms with Gasteiger partial charge in [0.1, 0.15) is 42.4 Å². The largest absolute Gasteiger partial charge is 0.481 e. The zero-order valence-corrected chi connectivity index (χ0v) is 21.6. The van der Waals surface area contributed by atoms with Gasteiger partial charge in [-0.25, -0.2) is 24.1 Å². The van der Waals surface area contributed by atoms with Crippen LogP contribution in [0.4, 0.5) is 5.82 Å². The number of aliphatic hydroxyl groups is 4. The molecule has 22 heteroatoms. The van der Waals surface area contributed by atoms with Gasteiger partial charge in [0.15, 0.2) is 30.1 Å². The van der Waals surface area contributed by atoms with E-state index in [9.17, 15) is 44.1 Å². The molecule has 0 saturated carbocycles. The number of ether oxygens (including phenoxy) is 3. The number of phosphoric acid groups is 2. The Kier molecular flexibility index (Phi) is 8.70. The second-order valence-electron chi connectivity index (χ2n) is 8.37. The SMILES string of the molecule is CC(=O)OC1C(O)O[C@H](COP(=O)(O)OP(=O)(O)OC[C@@H]2O[C@H](n3cnc4c(N)ncnc43)C(O)C2O)[C@@H]1O. The molecule has 0 aromatic carbocycles. The van der Waals surface area contributed by atoms with Crippen LogP contribution in [0.3, 0.4) is 0 Å². The van der Waals surface area contributed by atoms with E-state index in [-0.39, 0.29) is 17.0 Å². The Morgan fingerprint density at radius 3 is 2.23 bits per heavy atom. The first-order valence-corrected chi connectivity index (χ1v) is 14.0. The van der Waals surface area contributed by atoms with Crippen LogP contribution >= 0.6 is 15.6 Å². The van der Waals surface area contributed by atoms with Crippen molar-refractivity contribution in [1.82, 2.24) is 19.5 Å². The zero-order chi connectivity index (χ0) is 28.7. The fourth-order valence-corrected chi connectivity index (χ4v) is 5.93. The fourth-order valence-electron chi connectivity index (χ4n) is 3.84. The van der Waals surface area contributed by atoms with Crippen LogP contribution in [0.5, 0.6) is 0 Å². The quantitative estimate of drug-likeness (QED) is 0.107. The average molecular weight is 601 g/mol. The van der Waals surface area contributed by atoms with Crippen LogP contribution in [0.15, 0.2) is 12.7 Å². The summed E-state index contributed by atoms with van der Waals surface area (Å²) in [5.74, 6) is -0.792. The normalized spacial score (nSPS) is 34.1. The van der Waals surface area contributed by atoms with Gasteiger partial charge in [-0.15, -0.1) is 0 Å². The van der Waals surface area contributed by atoms with E-state index in [0.717, 1.165) is 13.3 Å². The summed E-state index contributed by atoms with van der Waals surface area (Å²) in [5.41, 5.74) is 6.08. The number of nitrogens with zero attached hydrogens (tertiary/aromatic N) is 4. The molecule has 0 amide bonds. The highest BCUT2D eigenvalue weighted by Gasteiger charge is 2.48. The number of nitrogens with two attached hydrogens (primary N) is 1. The van der Waals surface area contributed by atoms with E-state index in [2.05, 4.69) is 33.0 Å². The van der Waals surface area contributed by atoms with Crippen LogP contribution in [0, 0.1) is 0 Å². The summed E-state index contributed by atoms with van der Waals surface area (Å²) in [5, 5.41) is 40.5. The summed E-state index contributed by atoms with van der Waals surface area (Å²) in [7, 11) is -10.7. The standard InChI is InChI=1S/C17H25N5O15P2/c1-6(23)34-13-11(25)8(36-17(13)27)3-33-39(30,31)37-38(28,29)32-2-7-10(24)12(26)16(35-7)22-5-21-9-14(18)19-4-20-15(9)22/h4-5,7-8,10-13,16-17,24-27H,2-3H2,1H3,(H,28,29)(H,30,31)(H2,18,19,20)/t7-,8+,10?,11-,12?,13?,16-,17?/m0/s1. The molecule has 2 saturated heterocycles. The smallest absolute Gasteiger partial charge is 0.454 e. The lowest BCUT2D eigenvalue weighted by molar-refractivity contribution is -0.170. The number of imidazole rings is 1. The van der Waals surface area contributed by atoms with E-state index in [1.54, 1.807) is 0 Å². The molecule has 2 aliphatic rings. The number of hydrogen-bond acceptors (Lipinski definition) is 17. The highest BCUT2D eigenvalue weighted by Crippen LogP contribution is 2.60. The van der Waals surface area contributed by atoms with E-state index >= 15 is 0 Å². The highest BCUT2D eigenvalue weighted by molar-refractivity contribution is 7.61. The zero-order valence-electron chi connectivity index (χ0n) is 19.8. The minimum absolute atomic E-state index is 0.0510. The Labute approximate surface area is 218 Å². The predicted octanol–water partition coefficient (Wildman–Crippen LogP) is -2.71. The van der Waals surface area contributed by atoms with Crippen molar-refractivity contribution in [3.05, 3.63) is 12.7 Å². The van der Waals surface area contributed by atoms with Gasteiger partial charge in [-0.1, -0.05) is 0 Å². The van der Waals surface area contributed by atoms with Crippen LogP contribution in [0.2, 0.25) is 0 Å². The molecule has 4 rings (SSSR count). The van der Waals surface area contributed by atoms with E-state index in [1.807, 2.05) is 0 Å². The Bertz CT molecular complexity index is 1300. The summed E-state index contributed by atoms with van der Waals surface area (Å²) < 4.78 is 54.1. The number of hydrogen-bond donors (Lipinski definition) is 7. The van der Waals surface area contributed by atoms with Gasteiger partial charge in [0.2, 0.25) is 0 Å². The Morgan fingerprint density at radius 1 is 1.00 bits per heavy atom. The number of anilines is 1. The van der Waals surface area contributed by atoms with E-state index < -0.39 is 84.0 Å². The lowest BCUT2D eigenvalue weighted by Crippen LogP contribution is -2.37. The molecular formula is C17H25N5O15P2. The van der Waals surface area contributed by atoms with Crippen LogP contribution < -0.4 is 5.73 Å². The number of rotatable bonds is 10. The summed E-state index contributed by atoms with van der Waals surface area (Å²) in [6, 6.07) is 0. The highest BCUT2D eigenvalue weighted by atomic mass is 31.3. The van der Waals surface area contributed by atoms with Crippen LogP contribution in [-0.2, 0) is 41.5 Å². The summed E-state index contributed by atoms with van der Waals surface area (Å²) >= 11 is 0. The average Bonchev–Trinajstić information content (AvgIpc) is 3.47. The number of fused-ring (bicyclic) bond motifs is 1. The van der Waals surface area contributed by atoms with Crippen molar-refractivity contribution >= 4 is 38.6 Å². The maximum atomic E-state index is 12.3. The third kappa shape index (κ3) is 6.60. The molecule has 20 nitrogen and oxygen atoms in total. The number of esters is 1. The number of carbonyl (C=O) groups is 1. The second-order valence-corrected chi connectivity index (χ2v) is 11.4. The van der Waals surface area contributed by atoms with Crippen molar-refractivity contribution in [2.45, 2.75) is 56.1 Å². The summed E-state index contributed by atoms with van der Waals surface area (Å²) in [4.78, 5) is 42.5. The maximum absolute atomic E-state index is 12.3. The molecular weight excluding hydrogens is 576 g/mol. The molecule has 2 aromatic heterocycles. The van der Waals surface area contributed by atoms with Crippen molar-refractivity contribution < 1.29 is 71.7 Å². The molecule has 39 heavy (non-hydrogen) atoms. The monoisotopic (exact) mass is 601 g/mol. The van der Waals surface area contributed by atoms with E-state index in [1.165, 1.54) is 10.9 Å². The topological polar surface area (TPSA) is 298 Å². The molecule has 0 radical (unpaired) electrons. The Hall–Kier alpha value is -2.16. The van der Waals surface area contributed by atoms with Crippen molar-refractivity contribution in [2.75, 3.05) is 18.9 Å². The van der Waals surface area contributed by atoms with Gasteiger partial charge in [-0.3, -0.25) is 18.4 Å². The molecule has 218 valence electrons.